The maximum absolute atomic E-state index is 13.1. The Morgan fingerprint density at radius 1 is 1.15 bits per heavy atom. The molecule has 4 heteroatoms. The molecule has 0 saturated heterocycles. The highest BCUT2D eigenvalue weighted by molar-refractivity contribution is 6.31. The lowest BCUT2D eigenvalue weighted by Crippen LogP contribution is -2.25. The second kappa shape index (κ2) is 7.27. The van der Waals surface area contributed by atoms with E-state index in [1.165, 1.54) is 12.1 Å². The van der Waals surface area contributed by atoms with Crippen molar-refractivity contribution in [1.82, 2.24) is 0 Å². The average molecular weight is 294 g/mol. The van der Waals surface area contributed by atoms with Crippen LogP contribution >= 0.6 is 11.6 Å². The Kier molecular flexibility index (Phi) is 5.39. The smallest absolute Gasteiger partial charge is 0.123 e. The van der Waals surface area contributed by atoms with Crippen molar-refractivity contribution in [2.24, 2.45) is 5.73 Å². The van der Waals surface area contributed by atoms with E-state index in [-0.39, 0.29) is 11.9 Å². The van der Waals surface area contributed by atoms with Crippen molar-refractivity contribution in [3.63, 3.8) is 0 Å². The number of benzene rings is 2. The van der Waals surface area contributed by atoms with Crippen molar-refractivity contribution in [2.75, 3.05) is 6.61 Å². The summed E-state index contributed by atoms with van der Waals surface area (Å²) in [5.41, 5.74) is 6.76. The van der Waals surface area contributed by atoms with Gasteiger partial charge in [0, 0.05) is 11.1 Å². The molecule has 20 heavy (non-hydrogen) atoms. The van der Waals surface area contributed by atoms with Crippen LogP contribution in [0.2, 0.25) is 5.02 Å². The highest BCUT2D eigenvalue weighted by Gasteiger charge is 2.09. The molecule has 0 aliphatic rings. The van der Waals surface area contributed by atoms with E-state index in [2.05, 4.69) is 0 Å². The maximum Gasteiger partial charge on any atom is 0.123 e. The molecule has 2 nitrogen and oxygen atoms in total. The number of rotatable bonds is 6. The number of halogens is 2. The molecule has 0 heterocycles. The zero-order valence-electron chi connectivity index (χ0n) is 11.1. The Hall–Kier alpha value is -1.58. The van der Waals surface area contributed by atoms with Gasteiger partial charge in [0.05, 0.1) is 6.61 Å². The fraction of sp³-hybridized carbons (Fsp3) is 0.250. The van der Waals surface area contributed by atoms with Crippen LogP contribution in [0.25, 0.3) is 0 Å². The minimum Gasteiger partial charge on any atom is -0.494 e. The predicted octanol–water partition coefficient (Wildman–Crippen LogP) is 3.82. The predicted molar refractivity (Wildman–Crippen MR) is 79.6 cm³/mol. The Balaban J connectivity index is 1.80. The van der Waals surface area contributed by atoms with Crippen LogP contribution in [-0.2, 0) is 6.42 Å². The molecular weight excluding hydrogens is 277 g/mol. The zero-order chi connectivity index (χ0) is 14.4. The normalized spacial score (nSPS) is 12.2. The molecule has 1 atom stereocenters. The summed E-state index contributed by atoms with van der Waals surface area (Å²) in [6.07, 6.45) is 1.22. The number of hydrogen-bond donors (Lipinski definition) is 1. The highest BCUT2D eigenvalue weighted by Crippen LogP contribution is 2.19. The van der Waals surface area contributed by atoms with Gasteiger partial charge >= 0.3 is 0 Å². The minimum atomic E-state index is -0.294. The lowest BCUT2D eigenvalue weighted by Gasteiger charge is -2.13. The van der Waals surface area contributed by atoms with Crippen LogP contribution < -0.4 is 10.5 Å². The van der Waals surface area contributed by atoms with Gasteiger partial charge in [0.25, 0.3) is 0 Å². The van der Waals surface area contributed by atoms with Gasteiger partial charge in [0.2, 0.25) is 0 Å². The average Bonchev–Trinajstić information content (AvgIpc) is 2.44. The molecule has 0 spiro atoms. The number of nitrogens with two attached hydrogens (primary N) is 1. The van der Waals surface area contributed by atoms with E-state index in [0.29, 0.717) is 24.5 Å². The Labute approximate surface area is 123 Å². The monoisotopic (exact) mass is 293 g/mol. The fourth-order valence-corrected chi connectivity index (χ4v) is 2.12. The van der Waals surface area contributed by atoms with Gasteiger partial charge in [0.15, 0.2) is 0 Å². The molecule has 0 fully saturated rings. The van der Waals surface area contributed by atoms with E-state index in [4.69, 9.17) is 22.1 Å². The topological polar surface area (TPSA) is 35.2 Å². The quantitative estimate of drug-likeness (QED) is 0.879. The molecule has 2 aromatic carbocycles. The van der Waals surface area contributed by atoms with Gasteiger partial charge in [0.1, 0.15) is 11.6 Å². The summed E-state index contributed by atoms with van der Waals surface area (Å²) in [4.78, 5) is 0. The van der Waals surface area contributed by atoms with Crippen molar-refractivity contribution in [3.05, 3.63) is 64.9 Å². The van der Waals surface area contributed by atoms with Gasteiger partial charge in [-0.1, -0.05) is 29.8 Å². The van der Waals surface area contributed by atoms with Crippen LogP contribution in [0.4, 0.5) is 4.39 Å². The van der Waals surface area contributed by atoms with Gasteiger partial charge in [-0.2, -0.15) is 0 Å². The third-order valence-corrected chi connectivity index (χ3v) is 3.36. The van der Waals surface area contributed by atoms with E-state index in [0.717, 1.165) is 11.3 Å². The zero-order valence-corrected chi connectivity index (χ0v) is 11.8. The van der Waals surface area contributed by atoms with Gasteiger partial charge in [-0.05, 0) is 48.7 Å². The van der Waals surface area contributed by atoms with Crippen LogP contribution in [0.5, 0.6) is 5.75 Å². The molecule has 2 N–H and O–H groups in total. The largest absolute Gasteiger partial charge is 0.494 e. The summed E-state index contributed by atoms with van der Waals surface area (Å²) in [6.45, 7) is 0.526. The van der Waals surface area contributed by atoms with E-state index < -0.39 is 0 Å². The summed E-state index contributed by atoms with van der Waals surface area (Å²) in [5, 5.41) is 0.547. The molecule has 0 amide bonds. The van der Waals surface area contributed by atoms with E-state index in [9.17, 15) is 4.39 Å². The second-order valence-electron chi connectivity index (χ2n) is 4.65. The SMILES string of the molecule is NC(CCOc1ccccc1)Cc1cc(F)ccc1Cl. The summed E-state index contributed by atoms with van der Waals surface area (Å²) in [5.74, 6) is 0.528. The molecule has 0 aliphatic carbocycles. The Bertz CT molecular complexity index is 547. The minimum absolute atomic E-state index is 0.113. The van der Waals surface area contributed by atoms with Gasteiger partial charge in [-0.3, -0.25) is 0 Å². The lowest BCUT2D eigenvalue weighted by atomic mass is 10.0. The summed E-state index contributed by atoms with van der Waals surface area (Å²) in [7, 11) is 0. The molecule has 1 unspecified atom stereocenters. The maximum atomic E-state index is 13.1. The van der Waals surface area contributed by atoms with Crippen LogP contribution in [0.1, 0.15) is 12.0 Å². The Morgan fingerprint density at radius 3 is 2.65 bits per heavy atom. The first-order chi connectivity index (χ1) is 9.65. The first kappa shape index (κ1) is 14.8. The molecule has 2 aromatic rings. The number of ether oxygens (including phenoxy) is 1. The van der Waals surface area contributed by atoms with E-state index in [1.807, 2.05) is 30.3 Å². The third kappa shape index (κ3) is 4.51. The fourth-order valence-electron chi connectivity index (χ4n) is 1.93. The van der Waals surface area contributed by atoms with Crippen LogP contribution in [0.3, 0.4) is 0 Å². The van der Waals surface area contributed by atoms with Crippen molar-refractivity contribution >= 4 is 11.6 Å². The molecule has 0 saturated carbocycles. The van der Waals surface area contributed by atoms with Gasteiger partial charge in [-0.25, -0.2) is 4.39 Å². The number of hydrogen-bond acceptors (Lipinski definition) is 2. The molecular formula is C16H17ClFNO. The van der Waals surface area contributed by atoms with E-state index >= 15 is 0 Å². The standard InChI is InChI=1S/C16H17ClFNO/c17-16-7-6-13(18)10-12(16)11-14(19)8-9-20-15-4-2-1-3-5-15/h1-7,10,14H,8-9,11,19H2. The van der Waals surface area contributed by atoms with Crippen molar-refractivity contribution in [3.8, 4) is 5.75 Å². The first-order valence-electron chi connectivity index (χ1n) is 6.52. The summed E-state index contributed by atoms with van der Waals surface area (Å²) < 4.78 is 18.7. The molecule has 0 bridgehead atoms. The molecule has 0 aromatic heterocycles. The van der Waals surface area contributed by atoms with Crippen molar-refractivity contribution in [2.45, 2.75) is 18.9 Å². The molecule has 106 valence electrons. The van der Waals surface area contributed by atoms with Crippen molar-refractivity contribution in [1.29, 1.82) is 0 Å². The summed E-state index contributed by atoms with van der Waals surface area (Å²) in [6, 6.07) is 13.8. The highest BCUT2D eigenvalue weighted by atomic mass is 35.5. The molecule has 0 aliphatic heterocycles. The molecule has 2 rings (SSSR count). The molecule has 0 radical (unpaired) electrons. The van der Waals surface area contributed by atoms with Crippen LogP contribution in [-0.4, -0.2) is 12.6 Å². The van der Waals surface area contributed by atoms with Crippen LogP contribution in [0, 0.1) is 5.82 Å². The second-order valence-corrected chi connectivity index (χ2v) is 5.06. The van der Waals surface area contributed by atoms with Crippen molar-refractivity contribution < 1.29 is 9.13 Å². The first-order valence-corrected chi connectivity index (χ1v) is 6.90. The number of para-hydroxylation sites is 1. The van der Waals surface area contributed by atoms with Crippen LogP contribution in [0.15, 0.2) is 48.5 Å². The van der Waals surface area contributed by atoms with Gasteiger partial charge < -0.3 is 10.5 Å². The lowest BCUT2D eigenvalue weighted by molar-refractivity contribution is 0.297. The third-order valence-electron chi connectivity index (χ3n) is 2.99. The Morgan fingerprint density at radius 2 is 1.90 bits per heavy atom. The van der Waals surface area contributed by atoms with Gasteiger partial charge in [-0.15, -0.1) is 0 Å². The van der Waals surface area contributed by atoms with E-state index in [1.54, 1.807) is 6.07 Å². The summed E-state index contributed by atoms with van der Waals surface area (Å²) >= 11 is 6.02.